The van der Waals surface area contributed by atoms with Gasteiger partial charge in [-0.25, -0.2) is 0 Å². The maximum atomic E-state index is 5.55. The van der Waals surface area contributed by atoms with Gasteiger partial charge < -0.3 is 4.74 Å². The van der Waals surface area contributed by atoms with Crippen LogP contribution in [0.15, 0.2) is 24.3 Å². The molecule has 0 heterocycles. The summed E-state index contributed by atoms with van der Waals surface area (Å²) in [6.45, 7) is 2.91. The van der Waals surface area contributed by atoms with E-state index >= 15 is 0 Å². The summed E-state index contributed by atoms with van der Waals surface area (Å²) in [7, 11) is 2.73. The molecule has 0 fully saturated rings. The molecule has 1 rings (SSSR count). The molecule has 13 heavy (non-hydrogen) atoms. The van der Waals surface area contributed by atoms with Gasteiger partial charge in [-0.1, -0.05) is 17.7 Å². The number of hydrogen-bond acceptors (Lipinski definition) is 1. The Bertz CT molecular complexity index is 230. The molecule has 1 atom stereocenters. The van der Waals surface area contributed by atoms with E-state index in [1.165, 1.54) is 12.0 Å². The summed E-state index contributed by atoms with van der Waals surface area (Å²) in [5, 5.41) is 0. The third-order valence-electron chi connectivity index (χ3n) is 1.89. The average Bonchev–Trinajstić information content (AvgIpc) is 2.15. The first-order chi connectivity index (χ1) is 6.33. The number of benzene rings is 1. The average molecular weight is 196 g/mol. The Hall–Kier alpha value is -0.550. The molecule has 1 nitrogen and oxygen atoms in total. The van der Waals surface area contributed by atoms with Gasteiger partial charge in [0.15, 0.2) is 0 Å². The maximum absolute atomic E-state index is 5.55. The number of aryl methyl sites for hydroxylation is 1. The summed E-state index contributed by atoms with van der Waals surface area (Å²) < 4.78 is 5.55. The van der Waals surface area contributed by atoms with Crippen LogP contribution in [0.1, 0.15) is 18.4 Å². The van der Waals surface area contributed by atoms with Crippen LogP contribution in [0.3, 0.4) is 0 Å². The molecule has 0 aliphatic heterocycles. The highest BCUT2D eigenvalue weighted by Crippen LogP contribution is 2.11. The lowest BCUT2D eigenvalue weighted by molar-refractivity contribution is 0.310. The van der Waals surface area contributed by atoms with Crippen LogP contribution in [-0.4, -0.2) is 12.8 Å². The zero-order valence-corrected chi connectivity index (χ0v) is 9.28. The molecular formula is C11H17OP. The highest BCUT2D eigenvalue weighted by Gasteiger charge is 1.92. The Morgan fingerprint density at radius 2 is 1.85 bits per heavy atom. The molecule has 1 aromatic carbocycles. The summed E-state index contributed by atoms with van der Waals surface area (Å²) in [6.07, 6.45) is 3.52. The van der Waals surface area contributed by atoms with Crippen LogP contribution in [0.25, 0.3) is 0 Å². The van der Waals surface area contributed by atoms with Crippen LogP contribution in [0, 0.1) is 6.92 Å². The largest absolute Gasteiger partial charge is 0.494 e. The van der Waals surface area contributed by atoms with Gasteiger partial charge in [0, 0.05) is 0 Å². The molecule has 0 aliphatic rings. The molecule has 0 aliphatic carbocycles. The number of ether oxygens (including phenoxy) is 1. The Labute approximate surface area is 82.7 Å². The van der Waals surface area contributed by atoms with Crippen molar-refractivity contribution in [1.82, 2.24) is 0 Å². The predicted octanol–water partition coefficient (Wildman–Crippen LogP) is 3.03. The van der Waals surface area contributed by atoms with Crippen LogP contribution < -0.4 is 4.74 Å². The van der Waals surface area contributed by atoms with Crippen molar-refractivity contribution < 1.29 is 4.74 Å². The van der Waals surface area contributed by atoms with Crippen molar-refractivity contribution in [1.29, 1.82) is 0 Å². The second-order valence-corrected chi connectivity index (χ2v) is 3.73. The second-order valence-electron chi connectivity index (χ2n) is 3.16. The van der Waals surface area contributed by atoms with E-state index in [1.807, 2.05) is 12.1 Å². The quantitative estimate of drug-likeness (QED) is 0.519. The molecule has 1 unspecified atom stereocenters. The normalized spacial score (nSPS) is 10.0. The van der Waals surface area contributed by atoms with E-state index in [2.05, 4.69) is 28.3 Å². The van der Waals surface area contributed by atoms with Crippen molar-refractivity contribution >= 4 is 9.24 Å². The van der Waals surface area contributed by atoms with Crippen LogP contribution in [0.5, 0.6) is 5.75 Å². The van der Waals surface area contributed by atoms with E-state index in [0.29, 0.717) is 0 Å². The Morgan fingerprint density at radius 1 is 1.15 bits per heavy atom. The molecule has 2 heteroatoms. The van der Waals surface area contributed by atoms with Crippen molar-refractivity contribution in [2.75, 3.05) is 12.8 Å². The minimum Gasteiger partial charge on any atom is -0.494 e. The van der Waals surface area contributed by atoms with Crippen molar-refractivity contribution in [3.8, 4) is 5.75 Å². The monoisotopic (exact) mass is 196 g/mol. The predicted molar refractivity (Wildman–Crippen MR) is 60.5 cm³/mol. The van der Waals surface area contributed by atoms with E-state index < -0.39 is 0 Å². The third-order valence-corrected chi connectivity index (χ3v) is 2.30. The molecular weight excluding hydrogens is 179 g/mol. The first-order valence-corrected chi connectivity index (χ1v) is 5.54. The van der Waals surface area contributed by atoms with Crippen LogP contribution >= 0.6 is 9.24 Å². The van der Waals surface area contributed by atoms with Gasteiger partial charge in [-0.3, -0.25) is 0 Å². The molecule has 1 aromatic rings. The third kappa shape index (κ3) is 4.28. The van der Waals surface area contributed by atoms with Crippen LogP contribution in [-0.2, 0) is 0 Å². The number of unbranched alkanes of at least 4 members (excludes halogenated alkanes) is 1. The van der Waals surface area contributed by atoms with Crippen molar-refractivity contribution in [3.05, 3.63) is 29.8 Å². The molecule has 0 aromatic heterocycles. The smallest absolute Gasteiger partial charge is 0.119 e. The second kappa shape index (κ2) is 5.99. The summed E-state index contributed by atoms with van der Waals surface area (Å²) >= 11 is 0. The van der Waals surface area contributed by atoms with Crippen LogP contribution in [0.2, 0.25) is 0 Å². The van der Waals surface area contributed by atoms with E-state index in [-0.39, 0.29) is 0 Å². The fourth-order valence-corrected chi connectivity index (χ4v) is 1.36. The minimum absolute atomic E-state index is 0.831. The van der Waals surface area contributed by atoms with E-state index in [9.17, 15) is 0 Å². The highest BCUT2D eigenvalue weighted by atomic mass is 31.0. The summed E-state index contributed by atoms with van der Waals surface area (Å²) in [5.74, 6) is 0.981. The topological polar surface area (TPSA) is 9.23 Å². The van der Waals surface area contributed by atoms with Crippen LogP contribution in [0.4, 0.5) is 0 Å². The zero-order chi connectivity index (χ0) is 9.52. The van der Waals surface area contributed by atoms with Gasteiger partial charge in [0.25, 0.3) is 0 Å². The molecule has 0 bridgehead atoms. The SMILES string of the molecule is Cc1ccc(OCCCCP)cc1. The van der Waals surface area contributed by atoms with Gasteiger partial charge in [0.05, 0.1) is 6.61 Å². The molecule has 0 spiro atoms. The molecule has 0 amide bonds. The van der Waals surface area contributed by atoms with E-state index in [0.717, 1.165) is 24.9 Å². The molecule has 72 valence electrons. The van der Waals surface area contributed by atoms with Gasteiger partial charge in [0.1, 0.15) is 5.75 Å². The maximum Gasteiger partial charge on any atom is 0.119 e. The number of rotatable bonds is 5. The van der Waals surface area contributed by atoms with Gasteiger partial charge in [-0.15, -0.1) is 9.24 Å². The standard InChI is InChI=1S/C11H17OP/c1-10-4-6-11(7-5-10)12-8-2-3-9-13/h4-7H,2-3,8-9,13H2,1H3. The van der Waals surface area contributed by atoms with Crippen molar-refractivity contribution in [3.63, 3.8) is 0 Å². The molecule has 0 saturated heterocycles. The van der Waals surface area contributed by atoms with Gasteiger partial charge in [-0.2, -0.15) is 0 Å². The Balaban J connectivity index is 2.25. The fourth-order valence-electron chi connectivity index (χ4n) is 1.07. The Morgan fingerprint density at radius 3 is 2.46 bits per heavy atom. The zero-order valence-electron chi connectivity index (χ0n) is 8.12. The Kier molecular flexibility index (Phi) is 4.85. The highest BCUT2D eigenvalue weighted by molar-refractivity contribution is 7.16. The van der Waals surface area contributed by atoms with E-state index in [1.54, 1.807) is 0 Å². The lowest BCUT2D eigenvalue weighted by atomic mass is 10.2. The van der Waals surface area contributed by atoms with Crippen molar-refractivity contribution in [2.24, 2.45) is 0 Å². The van der Waals surface area contributed by atoms with Gasteiger partial charge in [0.2, 0.25) is 0 Å². The summed E-state index contributed by atoms with van der Waals surface area (Å²) in [5.41, 5.74) is 1.28. The lowest BCUT2D eigenvalue weighted by Gasteiger charge is -2.05. The van der Waals surface area contributed by atoms with Crippen molar-refractivity contribution in [2.45, 2.75) is 19.8 Å². The molecule has 0 N–H and O–H groups in total. The first kappa shape index (κ1) is 10.5. The summed E-state index contributed by atoms with van der Waals surface area (Å²) in [6, 6.07) is 8.20. The van der Waals surface area contributed by atoms with Gasteiger partial charge in [-0.05, 0) is 38.1 Å². The van der Waals surface area contributed by atoms with Gasteiger partial charge >= 0.3 is 0 Å². The fraction of sp³-hybridized carbons (Fsp3) is 0.455. The summed E-state index contributed by atoms with van der Waals surface area (Å²) in [4.78, 5) is 0. The lowest BCUT2D eigenvalue weighted by Crippen LogP contribution is -1.97. The molecule has 0 saturated carbocycles. The van der Waals surface area contributed by atoms with E-state index in [4.69, 9.17) is 4.74 Å². The molecule has 0 radical (unpaired) electrons. The minimum atomic E-state index is 0.831. The number of hydrogen-bond donors (Lipinski definition) is 0. The first-order valence-electron chi connectivity index (χ1n) is 4.72.